The summed E-state index contributed by atoms with van der Waals surface area (Å²) in [6, 6.07) is 0. The van der Waals surface area contributed by atoms with Crippen molar-refractivity contribution in [3.63, 3.8) is 0 Å². The molecule has 6 nitrogen and oxygen atoms in total. The number of hydrogen-bond acceptors (Lipinski definition) is 4. The predicted octanol–water partition coefficient (Wildman–Crippen LogP) is -0.894. The molecular weight excluding hydrogens is 204 g/mol. The fourth-order valence-corrected chi connectivity index (χ4v) is 2.40. The van der Waals surface area contributed by atoms with Gasteiger partial charge in [0, 0.05) is 6.54 Å². The molecule has 1 rings (SSSR count). The molecule has 0 amide bonds. The molecule has 0 spiro atoms. The maximum absolute atomic E-state index is 11.2. The van der Waals surface area contributed by atoms with Gasteiger partial charge in [0.2, 0.25) is 10.0 Å². The van der Waals surface area contributed by atoms with Gasteiger partial charge in [-0.05, 0) is 13.8 Å². The van der Waals surface area contributed by atoms with Gasteiger partial charge in [-0.25, -0.2) is 13.6 Å². The fraction of sp³-hybridized carbons (Fsp3) is 0.571. The van der Waals surface area contributed by atoms with Crippen molar-refractivity contribution >= 4 is 10.0 Å². The second-order valence-corrected chi connectivity index (χ2v) is 4.56. The van der Waals surface area contributed by atoms with E-state index in [9.17, 15) is 8.42 Å². The zero-order valence-electron chi connectivity index (χ0n) is 8.19. The molecule has 1 heterocycles. The number of primary sulfonamides is 1. The monoisotopic (exact) mass is 218 g/mol. The van der Waals surface area contributed by atoms with Crippen molar-refractivity contribution in [3.05, 3.63) is 11.4 Å². The van der Waals surface area contributed by atoms with E-state index < -0.39 is 10.0 Å². The van der Waals surface area contributed by atoms with Gasteiger partial charge < -0.3 is 5.73 Å². The Labute approximate surface area is 82.9 Å². The Bertz CT molecular complexity index is 435. The molecule has 0 radical (unpaired) electrons. The number of rotatable bonds is 3. The van der Waals surface area contributed by atoms with Crippen LogP contribution in [0.5, 0.6) is 0 Å². The topological polar surface area (TPSA) is 104 Å². The summed E-state index contributed by atoms with van der Waals surface area (Å²) < 4.78 is 23.9. The summed E-state index contributed by atoms with van der Waals surface area (Å²) in [6.45, 7) is 4.17. The van der Waals surface area contributed by atoms with Crippen LogP contribution in [-0.2, 0) is 16.6 Å². The normalized spacial score (nSPS) is 12.0. The lowest BCUT2D eigenvalue weighted by Crippen LogP contribution is -2.15. The highest BCUT2D eigenvalue weighted by Crippen LogP contribution is 2.17. The first-order valence-corrected chi connectivity index (χ1v) is 5.69. The third-order valence-corrected chi connectivity index (χ3v) is 3.10. The van der Waals surface area contributed by atoms with Gasteiger partial charge in [0.15, 0.2) is 0 Å². The molecule has 0 fully saturated rings. The number of aryl methyl sites for hydroxylation is 1. The van der Waals surface area contributed by atoms with Gasteiger partial charge >= 0.3 is 0 Å². The first-order valence-electron chi connectivity index (χ1n) is 4.14. The Morgan fingerprint density at radius 1 is 1.43 bits per heavy atom. The average Bonchev–Trinajstić information content (AvgIpc) is 2.26. The molecule has 4 N–H and O–H groups in total. The van der Waals surface area contributed by atoms with Gasteiger partial charge in [-0.3, -0.25) is 4.68 Å². The first kappa shape index (κ1) is 11.2. The molecule has 0 bridgehead atoms. The Balaban J connectivity index is 3.32. The van der Waals surface area contributed by atoms with E-state index in [0.29, 0.717) is 24.5 Å². The minimum atomic E-state index is -3.69. The second kappa shape index (κ2) is 3.68. The number of nitrogens with two attached hydrogens (primary N) is 2. The number of sulfonamides is 1. The van der Waals surface area contributed by atoms with Crippen molar-refractivity contribution < 1.29 is 8.42 Å². The second-order valence-electron chi connectivity index (χ2n) is 3.06. The highest BCUT2D eigenvalue weighted by molar-refractivity contribution is 7.89. The molecule has 1 aromatic rings. The average molecular weight is 218 g/mol. The Kier molecular flexibility index (Phi) is 2.93. The number of hydrogen-bond donors (Lipinski definition) is 2. The molecule has 0 aromatic carbocycles. The molecule has 0 saturated heterocycles. The number of aromatic nitrogens is 2. The van der Waals surface area contributed by atoms with Crippen LogP contribution in [0.3, 0.4) is 0 Å². The van der Waals surface area contributed by atoms with Gasteiger partial charge in [0.1, 0.15) is 4.90 Å². The van der Waals surface area contributed by atoms with Gasteiger partial charge in [-0.1, -0.05) is 0 Å². The summed E-state index contributed by atoms with van der Waals surface area (Å²) in [7, 11) is -3.69. The van der Waals surface area contributed by atoms with E-state index in [4.69, 9.17) is 10.9 Å². The van der Waals surface area contributed by atoms with E-state index in [-0.39, 0.29) is 4.90 Å². The fourth-order valence-electron chi connectivity index (χ4n) is 1.43. The number of nitrogens with zero attached hydrogens (tertiary/aromatic N) is 2. The molecule has 80 valence electrons. The Hall–Kier alpha value is -0.920. The van der Waals surface area contributed by atoms with Crippen molar-refractivity contribution in [2.45, 2.75) is 25.3 Å². The van der Waals surface area contributed by atoms with Crippen LogP contribution < -0.4 is 10.9 Å². The van der Waals surface area contributed by atoms with E-state index in [1.54, 1.807) is 18.5 Å². The molecule has 0 unspecified atom stereocenters. The summed E-state index contributed by atoms with van der Waals surface area (Å²) in [5, 5.41) is 9.10. The van der Waals surface area contributed by atoms with Crippen molar-refractivity contribution in [2.24, 2.45) is 10.9 Å². The lowest BCUT2D eigenvalue weighted by Gasteiger charge is -2.01. The maximum Gasteiger partial charge on any atom is 0.241 e. The first-order chi connectivity index (χ1) is 6.38. The summed E-state index contributed by atoms with van der Waals surface area (Å²) in [5.41, 5.74) is 6.31. The van der Waals surface area contributed by atoms with Gasteiger partial charge in [-0.15, -0.1) is 0 Å². The molecule has 7 heteroatoms. The molecule has 1 aromatic heterocycles. The van der Waals surface area contributed by atoms with Crippen molar-refractivity contribution in [1.82, 2.24) is 9.78 Å². The van der Waals surface area contributed by atoms with E-state index in [1.807, 2.05) is 0 Å². The van der Waals surface area contributed by atoms with Crippen molar-refractivity contribution in [3.8, 4) is 0 Å². The maximum atomic E-state index is 11.2. The van der Waals surface area contributed by atoms with Crippen molar-refractivity contribution in [2.75, 3.05) is 6.54 Å². The van der Waals surface area contributed by atoms with Crippen LogP contribution in [0, 0.1) is 13.8 Å². The molecule has 0 aliphatic heterocycles. The predicted molar refractivity (Wildman–Crippen MR) is 52.1 cm³/mol. The molecule has 14 heavy (non-hydrogen) atoms. The third kappa shape index (κ3) is 1.94. The van der Waals surface area contributed by atoms with Crippen LogP contribution in [0.25, 0.3) is 0 Å². The van der Waals surface area contributed by atoms with Crippen LogP contribution in [0.4, 0.5) is 0 Å². The molecule has 0 atom stereocenters. The lowest BCUT2D eigenvalue weighted by atomic mass is 10.4. The van der Waals surface area contributed by atoms with Crippen LogP contribution in [-0.4, -0.2) is 24.7 Å². The van der Waals surface area contributed by atoms with Crippen LogP contribution >= 0.6 is 0 Å². The lowest BCUT2D eigenvalue weighted by molar-refractivity contribution is 0.591. The van der Waals surface area contributed by atoms with Crippen LogP contribution in [0.1, 0.15) is 11.4 Å². The quantitative estimate of drug-likeness (QED) is 0.686. The van der Waals surface area contributed by atoms with E-state index in [2.05, 4.69) is 5.10 Å². The molecule has 0 aliphatic rings. The van der Waals surface area contributed by atoms with E-state index >= 15 is 0 Å². The zero-order chi connectivity index (χ0) is 10.9. The molecule has 0 saturated carbocycles. The molecule has 0 aliphatic carbocycles. The smallest absolute Gasteiger partial charge is 0.241 e. The molecular formula is C7H14N4O2S. The van der Waals surface area contributed by atoms with Gasteiger partial charge in [0.05, 0.1) is 17.9 Å². The largest absolute Gasteiger partial charge is 0.329 e. The van der Waals surface area contributed by atoms with Gasteiger partial charge in [-0.2, -0.15) is 5.10 Å². The third-order valence-electron chi connectivity index (χ3n) is 1.94. The summed E-state index contributed by atoms with van der Waals surface area (Å²) >= 11 is 0. The highest BCUT2D eigenvalue weighted by atomic mass is 32.2. The SMILES string of the molecule is Cc1nn(CCN)c(C)c1S(N)(=O)=O. The van der Waals surface area contributed by atoms with Crippen LogP contribution in [0.15, 0.2) is 4.90 Å². The van der Waals surface area contributed by atoms with E-state index in [0.717, 1.165) is 0 Å². The zero-order valence-corrected chi connectivity index (χ0v) is 9.00. The van der Waals surface area contributed by atoms with E-state index in [1.165, 1.54) is 0 Å². The Morgan fingerprint density at radius 2 is 2.00 bits per heavy atom. The Morgan fingerprint density at radius 3 is 2.36 bits per heavy atom. The summed E-state index contributed by atoms with van der Waals surface area (Å²) in [4.78, 5) is 0.103. The highest BCUT2D eigenvalue weighted by Gasteiger charge is 2.20. The van der Waals surface area contributed by atoms with Gasteiger partial charge in [0.25, 0.3) is 0 Å². The minimum absolute atomic E-state index is 0.103. The van der Waals surface area contributed by atoms with Crippen molar-refractivity contribution in [1.29, 1.82) is 0 Å². The summed E-state index contributed by atoms with van der Waals surface area (Å²) in [6.07, 6.45) is 0. The van der Waals surface area contributed by atoms with Crippen LogP contribution in [0.2, 0.25) is 0 Å². The minimum Gasteiger partial charge on any atom is -0.329 e. The standard InChI is InChI=1S/C7H14N4O2S/c1-5-7(14(9,12)13)6(2)11(10-5)4-3-8/h3-4,8H2,1-2H3,(H2,9,12,13). The summed E-state index contributed by atoms with van der Waals surface area (Å²) in [5.74, 6) is 0.